The van der Waals surface area contributed by atoms with E-state index in [1.165, 1.54) is 17.0 Å². The zero-order valence-electron chi connectivity index (χ0n) is 22.8. The summed E-state index contributed by atoms with van der Waals surface area (Å²) >= 11 is 5.92. The Morgan fingerprint density at radius 2 is 1.84 bits per heavy atom. The van der Waals surface area contributed by atoms with Gasteiger partial charge in [-0.2, -0.15) is 5.10 Å². The minimum absolute atomic E-state index is 0.0574. The monoisotopic (exact) mass is 539 g/mol. The van der Waals surface area contributed by atoms with Crippen molar-refractivity contribution in [1.29, 1.82) is 0 Å². The van der Waals surface area contributed by atoms with Gasteiger partial charge in [0.05, 0.1) is 16.3 Å². The van der Waals surface area contributed by atoms with E-state index in [9.17, 15) is 19.7 Å². The van der Waals surface area contributed by atoms with Crippen molar-refractivity contribution in [2.45, 2.75) is 53.9 Å². The lowest BCUT2D eigenvalue weighted by atomic mass is 9.92. The highest BCUT2D eigenvalue weighted by atomic mass is 35.5. The second-order valence-electron chi connectivity index (χ2n) is 10.8. The Morgan fingerprint density at radius 1 is 1.16 bits per heavy atom. The predicted molar refractivity (Wildman–Crippen MR) is 149 cm³/mol. The summed E-state index contributed by atoms with van der Waals surface area (Å²) in [4.78, 5) is 38.7. The highest BCUT2D eigenvalue weighted by Crippen LogP contribution is 2.29. The number of nitro groups is 1. The van der Waals surface area contributed by atoms with Crippen LogP contribution in [0.3, 0.4) is 0 Å². The van der Waals surface area contributed by atoms with Crippen molar-refractivity contribution in [2.24, 2.45) is 5.92 Å². The first-order valence-corrected chi connectivity index (χ1v) is 12.8. The molecule has 1 heterocycles. The molecule has 0 fully saturated rings. The number of hydrogen-bond donors (Lipinski definition) is 1. The summed E-state index contributed by atoms with van der Waals surface area (Å²) < 4.78 is 1.72. The molecule has 202 valence electrons. The van der Waals surface area contributed by atoms with Crippen LogP contribution >= 0.6 is 11.6 Å². The Labute approximate surface area is 227 Å². The number of rotatable bonds is 8. The summed E-state index contributed by atoms with van der Waals surface area (Å²) in [6.45, 7) is 14.0. The van der Waals surface area contributed by atoms with E-state index < -0.39 is 16.7 Å². The van der Waals surface area contributed by atoms with Gasteiger partial charge < -0.3 is 10.2 Å². The summed E-state index contributed by atoms with van der Waals surface area (Å²) in [7, 11) is 0. The second-order valence-corrected chi connectivity index (χ2v) is 11.3. The maximum Gasteiger partial charge on any atom is 0.288 e. The van der Waals surface area contributed by atoms with E-state index in [-0.39, 0.29) is 40.7 Å². The molecule has 10 heteroatoms. The van der Waals surface area contributed by atoms with Crippen molar-refractivity contribution in [3.05, 3.63) is 80.0 Å². The summed E-state index contributed by atoms with van der Waals surface area (Å²) in [5, 5.41) is 19.0. The molecule has 2 amide bonds. The van der Waals surface area contributed by atoms with Crippen molar-refractivity contribution in [3.63, 3.8) is 0 Å². The van der Waals surface area contributed by atoms with Crippen LogP contribution in [0.2, 0.25) is 5.02 Å². The number of nitro benzene ring substituents is 1. The fraction of sp³-hybridized carbons (Fsp3) is 0.393. The molecular formula is C28H34ClN5O4. The van der Waals surface area contributed by atoms with Crippen molar-refractivity contribution >= 4 is 34.9 Å². The van der Waals surface area contributed by atoms with Crippen LogP contribution < -0.4 is 5.32 Å². The number of halogens is 1. The number of nitrogens with zero attached hydrogens (tertiary/aromatic N) is 4. The van der Waals surface area contributed by atoms with E-state index in [0.29, 0.717) is 5.82 Å². The van der Waals surface area contributed by atoms with Crippen LogP contribution in [0, 0.1) is 29.9 Å². The molecular weight excluding hydrogens is 506 g/mol. The molecule has 0 saturated heterocycles. The highest BCUT2D eigenvalue weighted by molar-refractivity contribution is 6.32. The quantitative estimate of drug-likeness (QED) is 0.275. The van der Waals surface area contributed by atoms with Gasteiger partial charge in [0.25, 0.3) is 11.6 Å². The Bertz CT molecular complexity index is 1370. The average molecular weight is 540 g/mol. The number of aromatic nitrogens is 2. The highest BCUT2D eigenvalue weighted by Gasteiger charge is 2.26. The first-order valence-electron chi connectivity index (χ1n) is 12.4. The van der Waals surface area contributed by atoms with Gasteiger partial charge in [0.2, 0.25) is 5.91 Å². The van der Waals surface area contributed by atoms with Gasteiger partial charge in [0.1, 0.15) is 17.4 Å². The predicted octanol–water partition coefficient (Wildman–Crippen LogP) is 6.09. The Balaban J connectivity index is 1.93. The molecule has 0 saturated carbocycles. The molecule has 0 unspecified atom stereocenters. The van der Waals surface area contributed by atoms with Gasteiger partial charge in [0, 0.05) is 29.7 Å². The molecule has 38 heavy (non-hydrogen) atoms. The molecule has 3 rings (SSSR count). The van der Waals surface area contributed by atoms with E-state index in [1.807, 2.05) is 72.7 Å². The second kappa shape index (κ2) is 11.3. The third-order valence-electron chi connectivity index (χ3n) is 6.15. The van der Waals surface area contributed by atoms with Gasteiger partial charge in [-0.25, -0.2) is 4.68 Å². The third-order valence-corrected chi connectivity index (χ3v) is 6.47. The molecule has 0 spiro atoms. The van der Waals surface area contributed by atoms with Gasteiger partial charge in [-0.3, -0.25) is 19.7 Å². The van der Waals surface area contributed by atoms with Gasteiger partial charge in [0.15, 0.2) is 0 Å². The minimum atomic E-state index is -0.639. The maximum absolute atomic E-state index is 13.3. The maximum atomic E-state index is 13.3. The largest absolute Gasteiger partial charge is 0.329 e. The molecule has 0 radical (unpaired) electrons. The summed E-state index contributed by atoms with van der Waals surface area (Å²) in [6.07, 6.45) is 0. The van der Waals surface area contributed by atoms with E-state index in [4.69, 9.17) is 16.7 Å². The van der Waals surface area contributed by atoms with Crippen molar-refractivity contribution < 1.29 is 14.5 Å². The van der Waals surface area contributed by atoms with E-state index >= 15 is 0 Å². The molecule has 0 aliphatic carbocycles. The fourth-order valence-electron chi connectivity index (χ4n) is 3.97. The molecule has 0 bridgehead atoms. The number of nitrogens with one attached hydrogen (secondary N) is 1. The fourth-order valence-corrected chi connectivity index (χ4v) is 4.16. The normalized spacial score (nSPS) is 11.5. The van der Waals surface area contributed by atoms with Crippen molar-refractivity contribution in [2.75, 3.05) is 18.4 Å². The zero-order chi connectivity index (χ0) is 28.4. The lowest BCUT2D eigenvalue weighted by Gasteiger charge is -2.24. The Hall–Kier alpha value is -3.72. The number of carbonyl (C=O) groups excluding carboxylic acids is 2. The molecule has 1 aromatic heterocycles. The SMILES string of the molecule is Cc1cccc(-n2nc(C(C)(C)C)cc2NC(=O)CN(CC(C)C)C(=O)c2ccc(Cl)c([N+](=O)[O-])c2)c1C. The molecule has 9 nitrogen and oxygen atoms in total. The molecule has 0 atom stereocenters. The third kappa shape index (κ3) is 6.58. The lowest BCUT2D eigenvalue weighted by molar-refractivity contribution is -0.384. The molecule has 3 aromatic rings. The van der Waals surface area contributed by atoms with Gasteiger partial charge in [-0.15, -0.1) is 0 Å². The first-order chi connectivity index (χ1) is 17.7. The van der Waals surface area contributed by atoms with Crippen LogP contribution in [0.4, 0.5) is 11.5 Å². The number of aryl methyl sites for hydroxylation is 1. The van der Waals surface area contributed by atoms with Crippen molar-refractivity contribution in [1.82, 2.24) is 14.7 Å². The van der Waals surface area contributed by atoms with Gasteiger partial charge in [-0.05, 0) is 49.1 Å². The first kappa shape index (κ1) is 28.8. The molecule has 1 N–H and O–H groups in total. The molecule has 0 aliphatic rings. The van der Waals surface area contributed by atoms with Crippen LogP contribution in [0.5, 0.6) is 0 Å². The molecule has 0 aliphatic heterocycles. The van der Waals surface area contributed by atoms with E-state index in [0.717, 1.165) is 28.6 Å². The Morgan fingerprint density at radius 3 is 2.45 bits per heavy atom. The number of hydrogen-bond acceptors (Lipinski definition) is 5. The molecule has 2 aromatic carbocycles. The van der Waals surface area contributed by atoms with Crippen LogP contribution in [-0.2, 0) is 10.2 Å². The Kier molecular flexibility index (Phi) is 8.61. The van der Waals surface area contributed by atoms with Gasteiger partial charge >= 0.3 is 0 Å². The smallest absolute Gasteiger partial charge is 0.288 e. The number of carbonyl (C=O) groups is 2. The number of anilines is 1. The van der Waals surface area contributed by atoms with Crippen LogP contribution in [0.1, 0.15) is 61.8 Å². The van der Waals surface area contributed by atoms with Crippen LogP contribution in [0.25, 0.3) is 5.69 Å². The van der Waals surface area contributed by atoms with Crippen molar-refractivity contribution in [3.8, 4) is 5.69 Å². The van der Waals surface area contributed by atoms with E-state index in [1.54, 1.807) is 4.68 Å². The standard InChI is InChI=1S/C28H34ClN5O4/c1-17(2)15-32(27(36)20-11-12-21(29)23(13-20)34(37)38)16-26(35)30-25-14-24(28(5,6)7)31-33(25)22-10-8-9-18(3)19(22)4/h8-14,17H,15-16H2,1-7H3,(H,30,35). The zero-order valence-corrected chi connectivity index (χ0v) is 23.6. The summed E-state index contributed by atoms with van der Waals surface area (Å²) in [5.74, 6) is -0.351. The van der Waals surface area contributed by atoms with E-state index in [2.05, 4.69) is 5.32 Å². The number of benzene rings is 2. The number of amides is 2. The van der Waals surface area contributed by atoms with Crippen LogP contribution in [-0.4, -0.2) is 44.5 Å². The minimum Gasteiger partial charge on any atom is -0.329 e. The van der Waals surface area contributed by atoms with Crippen LogP contribution in [0.15, 0.2) is 42.5 Å². The lowest BCUT2D eigenvalue weighted by Crippen LogP contribution is -2.40. The average Bonchev–Trinajstić information content (AvgIpc) is 3.23. The summed E-state index contributed by atoms with van der Waals surface area (Å²) in [5.41, 5.74) is 3.25. The van der Waals surface area contributed by atoms with Gasteiger partial charge in [-0.1, -0.05) is 58.4 Å². The topological polar surface area (TPSA) is 110 Å². The summed E-state index contributed by atoms with van der Waals surface area (Å²) in [6, 6.07) is 11.6.